The van der Waals surface area contributed by atoms with E-state index in [1.54, 1.807) is 19.1 Å². The number of anilines is 1. The Morgan fingerprint density at radius 2 is 1.88 bits per heavy atom. The van der Waals surface area contributed by atoms with Crippen LogP contribution in [0.25, 0.3) is 0 Å². The molecule has 0 unspecified atom stereocenters. The Bertz CT molecular complexity index is 749. The third-order valence-electron chi connectivity index (χ3n) is 3.26. The number of hydrogen-bond donors (Lipinski definition) is 1. The van der Waals surface area contributed by atoms with Crippen molar-refractivity contribution < 1.29 is 18.7 Å². The van der Waals surface area contributed by atoms with Crippen molar-refractivity contribution in [3.8, 4) is 0 Å². The molecule has 0 bridgehead atoms. The van der Waals surface area contributed by atoms with E-state index in [2.05, 4.69) is 5.32 Å². The average molecular weight is 347 g/mol. The third kappa shape index (κ3) is 5.38. The van der Waals surface area contributed by atoms with Crippen LogP contribution >= 0.6 is 11.8 Å². The van der Waals surface area contributed by atoms with Gasteiger partial charge in [0.25, 0.3) is 5.91 Å². The van der Waals surface area contributed by atoms with E-state index in [0.29, 0.717) is 11.3 Å². The summed E-state index contributed by atoms with van der Waals surface area (Å²) in [5.41, 5.74) is 1.90. The number of benzene rings is 2. The molecule has 6 heteroatoms. The first-order chi connectivity index (χ1) is 11.5. The zero-order valence-corrected chi connectivity index (χ0v) is 14.3. The largest absolute Gasteiger partial charge is 0.455 e. The number of halogens is 1. The van der Waals surface area contributed by atoms with Crippen LogP contribution in [0, 0.1) is 19.7 Å². The quantitative estimate of drug-likeness (QED) is 0.639. The summed E-state index contributed by atoms with van der Waals surface area (Å²) in [4.78, 5) is 24.4. The van der Waals surface area contributed by atoms with E-state index in [-0.39, 0.29) is 5.75 Å². The number of esters is 1. The number of thioether (sulfide) groups is 1. The molecule has 126 valence electrons. The Morgan fingerprint density at radius 1 is 1.12 bits per heavy atom. The molecule has 0 saturated heterocycles. The smallest absolute Gasteiger partial charge is 0.316 e. The van der Waals surface area contributed by atoms with E-state index in [9.17, 15) is 14.0 Å². The third-order valence-corrected chi connectivity index (χ3v) is 4.41. The summed E-state index contributed by atoms with van der Waals surface area (Å²) in [6.45, 7) is 3.19. The highest BCUT2D eigenvalue weighted by atomic mass is 32.2. The van der Waals surface area contributed by atoms with E-state index >= 15 is 0 Å². The summed E-state index contributed by atoms with van der Waals surface area (Å²) < 4.78 is 18.3. The molecule has 0 spiro atoms. The van der Waals surface area contributed by atoms with E-state index in [0.717, 1.165) is 10.5 Å². The van der Waals surface area contributed by atoms with Gasteiger partial charge < -0.3 is 10.1 Å². The van der Waals surface area contributed by atoms with Crippen molar-refractivity contribution in [3.63, 3.8) is 0 Å². The first-order valence-corrected chi connectivity index (χ1v) is 8.34. The molecule has 2 aromatic carbocycles. The molecule has 2 aromatic rings. The van der Waals surface area contributed by atoms with Crippen LogP contribution in [0.15, 0.2) is 47.4 Å². The SMILES string of the molecule is Cc1ccc(NC(=O)COC(=O)CSc2ccccc2C)cc1F. The number of amides is 1. The van der Waals surface area contributed by atoms with Crippen LogP contribution < -0.4 is 5.32 Å². The first kappa shape index (κ1) is 18.0. The number of carbonyl (C=O) groups excluding carboxylic acids is 2. The van der Waals surface area contributed by atoms with Gasteiger partial charge >= 0.3 is 5.97 Å². The van der Waals surface area contributed by atoms with Crippen LogP contribution in [0.1, 0.15) is 11.1 Å². The summed E-state index contributed by atoms with van der Waals surface area (Å²) in [7, 11) is 0. The Hall–Kier alpha value is -2.34. The average Bonchev–Trinajstić information content (AvgIpc) is 2.55. The van der Waals surface area contributed by atoms with Gasteiger partial charge in [-0.15, -0.1) is 11.8 Å². The zero-order chi connectivity index (χ0) is 17.5. The van der Waals surface area contributed by atoms with Gasteiger partial charge in [-0.05, 0) is 43.2 Å². The van der Waals surface area contributed by atoms with Gasteiger partial charge in [0.2, 0.25) is 0 Å². The zero-order valence-electron chi connectivity index (χ0n) is 13.5. The van der Waals surface area contributed by atoms with Gasteiger partial charge in [0, 0.05) is 10.6 Å². The molecule has 24 heavy (non-hydrogen) atoms. The second-order valence-corrected chi connectivity index (χ2v) is 6.24. The minimum absolute atomic E-state index is 0.122. The fourth-order valence-electron chi connectivity index (χ4n) is 1.91. The normalized spacial score (nSPS) is 10.3. The van der Waals surface area contributed by atoms with Crippen molar-refractivity contribution in [3.05, 3.63) is 59.4 Å². The maximum atomic E-state index is 13.4. The summed E-state index contributed by atoms with van der Waals surface area (Å²) in [6, 6.07) is 12.1. The van der Waals surface area contributed by atoms with Gasteiger partial charge in [0.05, 0.1) is 5.75 Å². The topological polar surface area (TPSA) is 55.4 Å². The molecule has 0 fully saturated rings. The van der Waals surface area contributed by atoms with Gasteiger partial charge in [-0.25, -0.2) is 4.39 Å². The molecular formula is C18H18FNO3S. The molecule has 0 saturated carbocycles. The van der Waals surface area contributed by atoms with Crippen molar-refractivity contribution in [2.45, 2.75) is 18.7 Å². The molecule has 1 N–H and O–H groups in total. The first-order valence-electron chi connectivity index (χ1n) is 7.36. The van der Waals surface area contributed by atoms with Gasteiger partial charge in [-0.1, -0.05) is 24.3 Å². The molecule has 0 atom stereocenters. The lowest BCUT2D eigenvalue weighted by Gasteiger charge is -2.08. The maximum Gasteiger partial charge on any atom is 0.316 e. The van der Waals surface area contributed by atoms with Gasteiger partial charge in [0.1, 0.15) is 5.82 Å². The monoisotopic (exact) mass is 347 g/mol. The van der Waals surface area contributed by atoms with E-state index < -0.39 is 24.3 Å². The molecule has 0 aliphatic rings. The molecule has 0 aliphatic heterocycles. The Balaban J connectivity index is 1.76. The molecule has 0 aromatic heterocycles. The molecule has 0 radical (unpaired) electrons. The molecular weight excluding hydrogens is 329 g/mol. The lowest BCUT2D eigenvalue weighted by molar-refractivity contribution is -0.144. The second kappa shape index (κ2) is 8.49. The number of aryl methyl sites for hydroxylation is 2. The fourth-order valence-corrected chi connectivity index (χ4v) is 2.74. The lowest BCUT2D eigenvalue weighted by atomic mass is 10.2. The summed E-state index contributed by atoms with van der Waals surface area (Å²) in [5, 5.41) is 2.49. The van der Waals surface area contributed by atoms with Crippen molar-refractivity contribution in [2.75, 3.05) is 17.7 Å². The van der Waals surface area contributed by atoms with Gasteiger partial charge in [-0.2, -0.15) is 0 Å². The number of rotatable bonds is 6. The number of hydrogen-bond acceptors (Lipinski definition) is 4. The highest BCUT2D eigenvalue weighted by molar-refractivity contribution is 8.00. The van der Waals surface area contributed by atoms with Crippen LogP contribution in [0.2, 0.25) is 0 Å². The number of nitrogens with one attached hydrogen (secondary N) is 1. The van der Waals surface area contributed by atoms with E-state index in [1.807, 2.05) is 31.2 Å². The Labute approximate surface area is 144 Å². The number of carbonyl (C=O) groups is 2. The van der Waals surface area contributed by atoms with Crippen molar-refractivity contribution in [1.82, 2.24) is 0 Å². The highest BCUT2D eigenvalue weighted by Gasteiger charge is 2.10. The standard InChI is InChI=1S/C18H18FNO3S/c1-12-7-8-14(9-15(12)19)20-17(21)10-23-18(22)11-24-16-6-4-3-5-13(16)2/h3-9H,10-11H2,1-2H3,(H,20,21). The Morgan fingerprint density at radius 3 is 2.58 bits per heavy atom. The Kier molecular flexibility index (Phi) is 6.37. The minimum Gasteiger partial charge on any atom is -0.455 e. The summed E-state index contributed by atoms with van der Waals surface area (Å²) in [6.07, 6.45) is 0. The van der Waals surface area contributed by atoms with Gasteiger partial charge in [-0.3, -0.25) is 9.59 Å². The molecule has 4 nitrogen and oxygen atoms in total. The molecule has 0 heterocycles. The molecule has 0 aliphatic carbocycles. The lowest BCUT2D eigenvalue weighted by Crippen LogP contribution is -2.21. The van der Waals surface area contributed by atoms with Crippen LogP contribution in [0.5, 0.6) is 0 Å². The van der Waals surface area contributed by atoms with Crippen LogP contribution in [-0.4, -0.2) is 24.2 Å². The van der Waals surface area contributed by atoms with E-state index in [4.69, 9.17) is 4.74 Å². The molecule has 1 amide bonds. The maximum absolute atomic E-state index is 13.4. The minimum atomic E-state index is -0.507. The predicted molar refractivity (Wildman–Crippen MR) is 92.6 cm³/mol. The van der Waals surface area contributed by atoms with Crippen LogP contribution in [0.4, 0.5) is 10.1 Å². The predicted octanol–water partition coefficient (Wildman–Crippen LogP) is 3.72. The summed E-state index contributed by atoms with van der Waals surface area (Å²) in [5.74, 6) is -1.27. The van der Waals surface area contributed by atoms with Crippen molar-refractivity contribution in [1.29, 1.82) is 0 Å². The fraction of sp³-hybridized carbons (Fsp3) is 0.222. The van der Waals surface area contributed by atoms with E-state index in [1.165, 1.54) is 17.8 Å². The second-order valence-electron chi connectivity index (χ2n) is 5.23. The number of ether oxygens (including phenoxy) is 1. The highest BCUT2D eigenvalue weighted by Crippen LogP contribution is 2.21. The van der Waals surface area contributed by atoms with Crippen molar-refractivity contribution in [2.24, 2.45) is 0 Å². The van der Waals surface area contributed by atoms with Crippen LogP contribution in [0.3, 0.4) is 0 Å². The van der Waals surface area contributed by atoms with Gasteiger partial charge in [0.15, 0.2) is 6.61 Å². The summed E-state index contributed by atoms with van der Waals surface area (Å²) >= 11 is 1.36. The van der Waals surface area contributed by atoms with Crippen molar-refractivity contribution >= 4 is 29.3 Å². The van der Waals surface area contributed by atoms with Crippen LogP contribution in [-0.2, 0) is 14.3 Å². The molecule has 2 rings (SSSR count).